The number of hydrogen-bond donors (Lipinski definition) is 4. The molecule has 2 fully saturated rings. The van der Waals surface area contributed by atoms with Crippen molar-refractivity contribution < 1.29 is 32.9 Å². The second-order valence-electron chi connectivity index (χ2n) is 11.5. The van der Waals surface area contributed by atoms with Crippen LogP contribution in [0.25, 0.3) is 0 Å². The highest BCUT2D eigenvalue weighted by Gasteiger charge is 2.51. The van der Waals surface area contributed by atoms with Crippen molar-refractivity contribution >= 4 is 23.7 Å². The summed E-state index contributed by atoms with van der Waals surface area (Å²) in [4.78, 5) is 23.1. The normalized spacial score (nSPS) is 23.7. The van der Waals surface area contributed by atoms with E-state index >= 15 is 8.78 Å². The van der Waals surface area contributed by atoms with E-state index in [2.05, 4.69) is 15.3 Å². The molecule has 11 nitrogen and oxygen atoms in total. The van der Waals surface area contributed by atoms with Gasteiger partial charge in [-0.15, -0.1) is 0 Å². The third-order valence-electron chi connectivity index (χ3n) is 8.72. The van der Waals surface area contributed by atoms with Crippen molar-refractivity contribution in [3.63, 3.8) is 0 Å². The number of hydrogen-bond acceptors (Lipinski definition) is 10. The Morgan fingerprint density at radius 2 is 1.96 bits per heavy atom. The summed E-state index contributed by atoms with van der Waals surface area (Å²) < 4.78 is 47.5. The lowest BCUT2D eigenvalue weighted by Crippen LogP contribution is -2.40. The molecule has 5 atom stereocenters. The monoisotopic (exact) mass is 620 g/mol. The molecule has 45 heavy (non-hydrogen) atoms. The third-order valence-corrected chi connectivity index (χ3v) is 8.72. The van der Waals surface area contributed by atoms with E-state index in [1.54, 1.807) is 25.3 Å². The van der Waals surface area contributed by atoms with Gasteiger partial charge < -0.3 is 30.4 Å². The number of aliphatic imine (C=N–C) groups is 1. The average Bonchev–Trinajstić information content (AvgIpc) is 3.75. The summed E-state index contributed by atoms with van der Waals surface area (Å²) in [7, 11) is 1.87. The highest BCUT2D eigenvalue weighted by atomic mass is 19.1. The minimum atomic E-state index is -1.24. The highest BCUT2D eigenvalue weighted by Crippen LogP contribution is 2.50. The SMILES string of the molecule is CCOC(=O)C1C2CCC(C2)C1Nc1ccc(Oc2c(F)cnc(Oc3cc(C(=N)N)ccc3O)c2F)c(C2N=CCN2C)c1. The molecule has 0 radical (unpaired) electrons. The summed E-state index contributed by atoms with van der Waals surface area (Å²) >= 11 is 0. The van der Waals surface area contributed by atoms with E-state index < -0.39 is 29.4 Å². The lowest BCUT2D eigenvalue weighted by atomic mass is 9.84. The Balaban J connectivity index is 1.31. The molecular formula is C32H34F2N6O5. The number of esters is 1. The summed E-state index contributed by atoms with van der Waals surface area (Å²) in [5, 5.41) is 21.4. The summed E-state index contributed by atoms with van der Waals surface area (Å²) in [6.45, 7) is 2.69. The summed E-state index contributed by atoms with van der Waals surface area (Å²) in [6.07, 6.45) is 5.01. The number of phenols is 1. The Morgan fingerprint density at radius 3 is 2.69 bits per heavy atom. The first kappa shape index (κ1) is 30.3. The molecule has 3 aromatic rings. The average molecular weight is 621 g/mol. The minimum absolute atomic E-state index is 0.0973. The zero-order valence-electron chi connectivity index (χ0n) is 24.8. The quantitative estimate of drug-likeness (QED) is 0.134. The van der Waals surface area contributed by atoms with Gasteiger partial charge in [-0.3, -0.25) is 20.1 Å². The number of nitrogens with one attached hydrogen (secondary N) is 2. The Hall–Kier alpha value is -4.78. The van der Waals surface area contributed by atoms with Gasteiger partial charge in [-0.1, -0.05) is 0 Å². The largest absolute Gasteiger partial charge is 0.504 e. The van der Waals surface area contributed by atoms with E-state index in [0.717, 1.165) is 31.1 Å². The Kier molecular flexibility index (Phi) is 8.28. The van der Waals surface area contributed by atoms with E-state index in [-0.39, 0.29) is 52.5 Å². The van der Waals surface area contributed by atoms with Crippen LogP contribution in [0, 0.1) is 34.8 Å². The number of nitrogens with two attached hydrogens (primary N) is 1. The number of fused-ring (bicyclic) bond motifs is 2. The van der Waals surface area contributed by atoms with Crippen molar-refractivity contribution in [2.75, 3.05) is 25.5 Å². The highest BCUT2D eigenvalue weighted by molar-refractivity contribution is 5.95. The number of carbonyl (C=O) groups excluding carboxylic acids is 1. The fourth-order valence-electron chi connectivity index (χ4n) is 6.58. The molecule has 1 aliphatic heterocycles. The van der Waals surface area contributed by atoms with Crippen LogP contribution < -0.4 is 20.5 Å². The number of halogens is 2. The molecule has 1 aromatic heterocycles. The Morgan fingerprint density at radius 1 is 1.16 bits per heavy atom. The van der Waals surface area contributed by atoms with Gasteiger partial charge in [-0.25, -0.2) is 9.37 Å². The van der Waals surface area contributed by atoms with Gasteiger partial charge in [0.1, 0.15) is 17.8 Å². The van der Waals surface area contributed by atoms with Crippen molar-refractivity contribution in [3.8, 4) is 28.9 Å². The van der Waals surface area contributed by atoms with Crippen molar-refractivity contribution in [2.45, 2.75) is 38.4 Å². The van der Waals surface area contributed by atoms with Crippen LogP contribution >= 0.6 is 0 Å². The molecule has 236 valence electrons. The number of nitrogen functional groups attached to an aromatic ring is 1. The molecule has 3 aliphatic rings. The molecule has 6 rings (SSSR count). The van der Waals surface area contributed by atoms with E-state index in [1.807, 2.05) is 18.0 Å². The number of nitrogens with zero attached hydrogens (tertiary/aromatic N) is 3. The lowest BCUT2D eigenvalue weighted by Gasteiger charge is -2.31. The maximum atomic E-state index is 15.7. The van der Waals surface area contributed by atoms with Crippen molar-refractivity contribution in [1.82, 2.24) is 9.88 Å². The fraction of sp³-hybridized carbons (Fsp3) is 0.375. The number of pyridine rings is 1. The number of aromatic nitrogens is 1. The molecule has 2 bridgehead atoms. The molecule has 2 heterocycles. The minimum Gasteiger partial charge on any atom is -0.504 e. The molecule has 13 heteroatoms. The van der Waals surface area contributed by atoms with Crippen LogP contribution in [-0.2, 0) is 9.53 Å². The Bertz CT molecular complexity index is 1670. The predicted octanol–water partition coefficient (Wildman–Crippen LogP) is 5.34. The van der Waals surface area contributed by atoms with Crippen molar-refractivity contribution in [2.24, 2.45) is 28.5 Å². The number of aromatic hydroxyl groups is 1. The second-order valence-corrected chi connectivity index (χ2v) is 11.5. The number of amidine groups is 1. The smallest absolute Gasteiger partial charge is 0.311 e. The van der Waals surface area contributed by atoms with Crippen LogP contribution in [-0.4, -0.2) is 59.3 Å². The van der Waals surface area contributed by atoms with E-state index in [0.29, 0.717) is 24.6 Å². The molecule has 0 amide bonds. The summed E-state index contributed by atoms with van der Waals surface area (Å²) in [6, 6.07) is 8.94. The standard InChI is InChI=1S/C32H34F2N6O5/c1-3-43-32(42)25-16-4-5-17(12-16)27(25)39-19-7-9-23(20(14-19)30-37-10-11-40(30)2)44-28-21(33)15-38-31(26(28)34)45-24-13-18(29(35)36)6-8-22(24)41/h6-10,13-17,25,27,30,39,41H,3-5,11-12H2,1-2H3,(H3,35,36). The molecule has 2 aromatic carbocycles. The van der Waals surface area contributed by atoms with Crippen LogP contribution in [0.4, 0.5) is 14.5 Å². The topological polar surface area (TPSA) is 155 Å². The summed E-state index contributed by atoms with van der Waals surface area (Å²) in [5.74, 6) is -4.27. The molecular weight excluding hydrogens is 586 g/mol. The van der Waals surface area contributed by atoms with Crippen LogP contribution in [0.2, 0.25) is 0 Å². The van der Waals surface area contributed by atoms with Crippen LogP contribution in [0.5, 0.6) is 28.9 Å². The predicted molar refractivity (Wildman–Crippen MR) is 162 cm³/mol. The summed E-state index contributed by atoms with van der Waals surface area (Å²) in [5.41, 5.74) is 7.01. The van der Waals surface area contributed by atoms with Gasteiger partial charge in [0.05, 0.1) is 18.7 Å². The second kappa shape index (κ2) is 12.3. The van der Waals surface area contributed by atoms with Gasteiger partial charge in [0.25, 0.3) is 5.88 Å². The van der Waals surface area contributed by atoms with Crippen molar-refractivity contribution in [3.05, 3.63) is 65.4 Å². The molecule has 0 saturated heterocycles. The van der Waals surface area contributed by atoms with E-state index in [4.69, 9.17) is 25.4 Å². The van der Waals surface area contributed by atoms with Gasteiger partial charge in [0, 0.05) is 35.6 Å². The number of phenolic OH excluding ortho intramolecular Hbond substituents is 1. The van der Waals surface area contributed by atoms with Crippen LogP contribution in [0.3, 0.4) is 0 Å². The first-order valence-electron chi connectivity index (χ1n) is 14.8. The fourth-order valence-corrected chi connectivity index (χ4v) is 6.58. The molecule has 2 saturated carbocycles. The molecule has 5 N–H and O–H groups in total. The first-order chi connectivity index (χ1) is 21.6. The molecule has 5 unspecified atom stereocenters. The molecule has 0 spiro atoms. The number of anilines is 1. The maximum Gasteiger partial charge on any atom is 0.311 e. The van der Waals surface area contributed by atoms with E-state index in [9.17, 15) is 9.90 Å². The van der Waals surface area contributed by atoms with Gasteiger partial charge in [0.2, 0.25) is 11.6 Å². The van der Waals surface area contributed by atoms with Crippen LogP contribution in [0.15, 0.2) is 47.6 Å². The zero-order valence-corrected chi connectivity index (χ0v) is 24.8. The third kappa shape index (κ3) is 5.87. The zero-order chi connectivity index (χ0) is 31.8. The first-order valence-corrected chi connectivity index (χ1v) is 14.8. The van der Waals surface area contributed by atoms with Gasteiger partial charge in [0.15, 0.2) is 17.3 Å². The van der Waals surface area contributed by atoms with Gasteiger partial charge >= 0.3 is 5.97 Å². The number of rotatable bonds is 10. The van der Waals surface area contributed by atoms with Gasteiger partial charge in [-0.05, 0) is 81.5 Å². The number of carbonyl (C=O) groups is 1. The number of benzene rings is 2. The number of ether oxygens (including phenoxy) is 3. The maximum absolute atomic E-state index is 15.7. The van der Waals surface area contributed by atoms with E-state index in [1.165, 1.54) is 18.2 Å². The van der Waals surface area contributed by atoms with Crippen molar-refractivity contribution in [1.29, 1.82) is 5.41 Å². The van der Waals surface area contributed by atoms with Gasteiger partial charge in [-0.2, -0.15) is 4.39 Å². The molecule has 2 aliphatic carbocycles. The lowest BCUT2D eigenvalue weighted by molar-refractivity contribution is -0.150. The van der Waals surface area contributed by atoms with Crippen LogP contribution in [0.1, 0.15) is 43.5 Å². The Labute approximate surface area is 258 Å².